The molecule has 0 spiro atoms. The zero-order valence-corrected chi connectivity index (χ0v) is 19.8. The summed E-state index contributed by atoms with van der Waals surface area (Å²) >= 11 is 0. The van der Waals surface area contributed by atoms with Gasteiger partial charge in [0.25, 0.3) is 0 Å². The highest BCUT2D eigenvalue weighted by Gasteiger charge is 2.27. The summed E-state index contributed by atoms with van der Waals surface area (Å²) in [7, 11) is 3.31. The largest absolute Gasteiger partial charge is 0.481 e. The first-order valence-corrected chi connectivity index (χ1v) is 11.4. The van der Waals surface area contributed by atoms with Gasteiger partial charge in [0.2, 0.25) is 11.8 Å². The smallest absolute Gasteiger partial charge is 0.217 e. The molecule has 5 rings (SSSR count). The first kappa shape index (κ1) is 22.3. The lowest BCUT2D eigenvalue weighted by atomic mass is 10.1. The lowest BCUT2D eigenvalue weighted by molar-refractivity contribution is 0.0400. The molecule has 0 radical (unpaired) electrons. The zero-order chi connectivity index (χ0) is 23.5. The summed E-state index contributed by atoms with van der Waals surface area (Å²) in [4.78, 5) is 16.0. The average Bonchev–Trinajstić information content (AvgIpc) is 3.23. The van der Waals surface area contributed by atoms with E-state index in [2.05, 4.69) is 56.7 Å². The van der Waals surface area contributed by atoms with E-state index in [1.165, 1.54) is 5.56 Å². The van der Waals surface area contributed by atoms with Crippen LogP contribution >= 0.6 is 0 Å². The van der Waals surface area contributed by atoms with E-state index in [1.807, 2.05) is 12.1 Å². The average molecular weight is 460 g/mol. The number of rotatable bonds is 8. The standard InChI is InChI=1S/C26H29N5O3/c1-18-8-9-23-22(12-18)29-24-17-34-16-21(31(23)24)15-30(13-19-6-4-10-27-25(19)32-2)14-20-7-5-11-28-26(20)33-3/h4-12,21H,13-17H2,1-3H3/t21-/m0/s1. The van der Waals surface area contributed by atoms with Gasteiger partial charge in [-0.15, -0.1) is 0 Å². The van der Waals surface area contributed by atoms with Gasteiger partial charge in [0.15, 0.2) is 0 Å². The molecule has 4 heterocycles. The van der Waals surface area contributed by atoms with Crippen LogP contribution in [0.3, 0.4) is 0 Å². The number of nitrogens with zero attached hydrogens (tertiary/aromatic N) is 5. The zero-order valence-electron chi connectivity index (χ0n) is 19.8. The Bertz CT molecular complexity index is 1240. The molecule has 1 aromatic carbocycles. The molecule has 34 heavy (non-hydrogen) atoms. The van der Waals surface area contributed by atoms with Crippen molar-refractivity contribution in [2.24, 2.45) is 0 Å². The van der Waals surface area contributed by atoms with Crippen LogP contribution in [0.4, 0.5) is 0 Å². The summed E-state index contributed by atoms with van der Waals surface area (Å²) in [5.74, 6) is 2.24. The Morgan fingerprint density at radius 3 is 2.32 bits per heavy atom. The Morgan fingerprint density at radius 2 is 1.68 bits per heavy atom. The number of aromatic nitrogens is 4. The molecule has 1 aliphatic heterocycles. The Morgan fingerprint density at radius 1 is 1.00 bits per heavy atom. The van der Waals surface area contributed by atoms with Crippen LogP contribution in [0.5, 0.6) is 11.8 Å². The number of ether oxygens (including phenoxy) is 3. The van der Waals surface area contributed by atoms with Gasteiger partial charge in [0, 0.05) is 43.2 Å². The molecule has 0 aliphatic carbocycles. The van der Waals surface area contributed by atoms with Crippen LogP contribution in [0.2, 0.25) is 0 Å². The van der Waals surface area contributed by atoms with Crippen LogP contribution in [0.15, 0.2) is 54.9 Å². The van der Waals surface area contributed by atoms with Gasteiger partial charge in [-0.2, -0.15) is 0 Å². The van der Waals surface area contributed by atoms with E-state index < -0.39 is 0 Å². The summed E-state index contributed by atoms with van der Waals surface area (Å²) < 4.78 is 19.4. The van der Waals surface area contributed by atoms with Gasteiger partial charge >= 0.3 is 0 Å². The number of hydrogen-bond donors (Lipinski definition) is 0. The molecule has 0 fully saturated rings. The van der Waals surface area contributed by atoms with Crippen molar-refractivity contribution in [2.75, 3.05) is 27.4 Å². The maximum atomic E-state index is 5.98. The molecule has 0 saturated carbocycles. The molecule has 1 aliphatic rings. The van der Waals surface area contributed by atoms with Crippen molar-refractivity contribution in [1.29, 1.82) is 0 Å². The molecule has 4 aromatic rings. The van der Waals surface area contributed by atoms with Crippen LogP contribution < -0.4 is 9.47 Å². The Balaban J connectivity index is 1.49. The summed E-state index contributed by atoms with van der Waals surface area (Å²) in [6.45, 7) is 5.31. The van der Waals surface area contributed by atoms with Crippen molar-refractivity contribution in [3.8, 4) is 11.8 Å². The van der Waals surface area contributed by atoms with Gasteiger partial charge in [0.05, 0.1) is 37.9 Å². The van der Waals surface area contributed by atoms with Crippen molar-refractivity contribution >= 4 is 11.0 Å². The third-order valence-electron chi connectivity index (χ3n) is 6.17. The van der Waals surface area contributed by atoms with E-state index >= 15 is 0 Å². The Kier molecular flexibility index (Phi) is 6.42. The summed E-state index contributed by atoms with van der Waals surface area (Å²) in [5.41, 5.74) is 5.41. The molecule has 8 nitrogen and oxygen atoms in total. The third kappa shape index (κ3) is 4.47. The van der Waals surface area contributed by atoms with E-state index in [0.717, 1.165) is 34.5 Å². The van der Waals surface area contributed by atoms with Crippen LogP contribution in [-0.2, 0) is 24.4 Å². The molecule has 8 heteroatoms. The van der Waals surface area contributed by atoms with Crippen molar-refractivity contribution in [2.45, 2.75) is 32.7 Å². The van der Waals surface area contributed by atoms with Crippen molar-refractivity contribution in [1.82, 2.24) is 24.4 Å². The number of hydrogen-bond acceptors (Lipinski definition) is 7. The van der Waals surface area contributed by atoms with Gasteiger partial charge in [-0.25, -0.2) is 15.0 Å². The Labute approximate surface area is 199 Å². The molecular formula is C26H29N5O3. The molecule has 0 bridgehead atoms. The van der Waals surface area contributed by atoms with E-state index in [4.69, 9.17) is 19.2 Å². The van der Waals surface area contributed by atoms with Gasteiger partial charge < -0.3 is 18.8 Å². The van der Waals surface area contributed by atoms with Crippen molar-refractivity contribution in [3.05, 3.63) is 77.4 Å². The van der Waals surface area contributed by atoms with Gasteiger partial charge in [-0.05, 0) is 36.8 Å². The lowest BCUT2D eigenvalue weighted by Gasteiger charge is -2.32. The lowest BCUT2D eigenvalue weighted by Crippen LogP contribution is -2.35. The SMILES string of the molecule is COc1ncccc1CN(Cc1cccnc1OC)C[C@H]1COCc2nc3cc(C)ccc3n21. The predicted molar refractivity (Wildman–Crippen MR) is 129 cm³/mol. The fourth-order valence-corrected chi connectivity index (χ4v) is 4.68. The maximum absolute atomic E-state index is 5.98. The first-order valence-electron chi connectivity index (χ1n) is 11.4. The van der Waals surface area contributed by atoms with E-state index in [-0.39, 0.29) is 6.04 Å². The predicted octanol–water partition coefficient (Wildman–Crippen LogP) is 3.93. The maximum Gasteiger partial charge on any atom is 0.217 e. The molecule has 176 valence electrons. The molecular weight excluding hydrogens is 430 g/mol. The summed E-state index contributed by atoms with van der Waals surface area (Å²) in [6.07, 6.45) is 3.50. The van der Waals surface area contributed by atoms with Crippen molar-refractivity contribution < 1.29 is 14.2 Å². The van der Waals surface area contributed by atoms with Crippen LogP contribution in [-0.4, -0.2) is 51.8 Å². The normalized spacial score (nSPS) is 15.5. The topological polar surface area (TPSA) is 74.5 Å². The molecule has 0 N–H and O–H groups in total. The minimum absolute atomic E-state index is 0.113. The number of methoxy groups -OCH3 is 2. The number of imidazole rings is 1. The number of benzene rings is 1. The van der Waals surface area contributed by atoms with E-state index in [9.17, 15) is 0 Å². The molecule has 3 aromatic heterocycles. The minimum Gasteiger partial charge on any atom is -0.481 e. The monoisotopic (exact) mass is 459 g/mol. The fourth-order valence-electron chi connectivity index (χ4n) is 4.68. The van der Waals surface area contributed by atoms with Gasteiger partial charge in [-0.1, -0.05) is 18.2 Å². The second-order valence-electron chi connectivity index (χ2n) is 8.57. The van der Waals surface area contributed by atoms with Crippen molar-refractivity contribution in [3.63, 3.8) is 0 Å². The molecule has 0 amide bonds. The minimum atomic E-state index is 0.113. The molecule has 0 saturated heterocycles. The first-order chi connectivity index (χ1) is 16.7. The van der Waals surface area contributed by atoms with Crippen LogP contribution in [0.25, 0.3) is 11.0 Å². The quantitative estimate of drug-likeness (QED) is 0.395. The highest BCUT2D eigenvalue weighted by atomic mass is 16.5. The highest BCUT2D eigenvalue weighted by molar-refractivity contribution is 5.77. The van der Waals surface area contributed by atoms with Gasteiger partial charge in [0.1, 0.15) is 12.4 Å². The third-order valence-corrected chi connectivity index (χ3v) is 6.17. The van der Waals surface area contributed by atoms with Crippen LogP contribution in [0.1, 0.15) is 28.6 Å². The highest BCUT2D eigenvalue weighted by Crippen LogP contribution is 2.29. The second-order valence-corrected chi connectivity index (χ2v) is 8.57. The number of pyridine rings is 2. The molecule has 0 unspecified atom stereocenters. The summed E-state index contributed by atoms with van der Waals surface area (Å²) in [6, 6.07) is 14.5. The Hall–Kier alpha value is -3.49. The van der Waals surface area contributed by atoms with Crippen LogP contribution in [0, 0.1) is 6.92 Å². The second kappa shape index (κ2) is 9.79. The number of fused-ring (bicyclic) bond motifs is 3. The van der Waals surface area contributed by atoms with E-state index in [1.54, 1.807) is 26.6 Å². The van der Waals surface area contributed by atoms with E-state index in [0.29, 0.717) is 38.1 Å². The number of aryl methyl sites for hydroxylation is 1. The fraction of sp³-hybridized carbons (Fsp3) is 0.346. The van der Waals surface area contributed by atoms with Gasteiger partial charge in [-0.3, -0.25) is 4.90 Å². The molecule has 1 atom stereocenters. The summed E-state index contributed by atoms with van der Waals surface area (Å²) in [5, 5.41) is 0.